The molecule has 0 fully saturated rings. The van der Waals surface area contributed by atoms with Gasteiger partial charge in [0.05, 0.1) is 6.42 Å². The lowest BCUT2D eigenvalue weighted by Crippen LogP contribution is -2.28. The van der Waals surface area contributed by atoms with Crippen LogP contribution in [0.1, 0.15) is 11.1 Å². The number of nitrogens with two attached hydrogens (primary N) is 1. The quantitative estimate of drug-likeness (QED) is 0.871. The standard InChI is InChI=1S/C16H16Cl2N2O/c1-20(10-11-6-13(17)9-14(18)7-11)16(21)8-12-4-2-3-5-15(12)19/h2-7,9H,8,10,19H2,1H3. The molecule has 0 aliphatic rings. The number of benzene rings is 2. The number of para-hydroxylation sites is 1. The molecule has 2 aromatic rings. The summed E-state index contributed by atoms with van der Waals surface area (Å²) in [7, 11) is 1.75. The van der Waals surface area contributed by atoms with Crippen LogP contribution in [-0.4, -0.2) is 17.9 Å². The molecule has 110 valence electrons. The van der Waals surface area contributed by atoms with Crippen molar-refractivity contribution >= 4 is 34.8 Å². The molecule has 2 N–H and O–H groups in total. The summed E-state index contributed by atoms with van der Waals surface area (Å²) >= 11 is 11.9. The largest absolute Gasteiger partial charge is 0.398 e. The fraction of sp³-hybridized carbons (Fsp3) is 0.188. The number of nitrogen functional groups attached to an aromatic ring is 1. The first-order chi connectivity index (χ1) is 9.95. The molecule has 0 atom stereocenters. The zero-order valence-electron chi connectivity index (χ0n) is 11.6. The number of amides is 1. The fourth-order valence-corrected chi connectivity index (χ4v) is 2.63. The lowest BCUT2D eigenvalue weighted by Gasteiger charge is -2.18. The van der Waals surface area contributed by atoms with Crippen molar-refractivity contribution in [3.05, 3.63) is 63.6 Å². The molecular weight excluding hydrogens is 307 g/mol. The van der Waals surface area contributed by atoms with Crippen LogP contribution in [0.5, 0.6) is 0 Å². The minimum Gasteiger partial charge on any atom is -0.398 e. The molecule has 0 saturated heterocycles. The highest BCUT2D eigenvalue weighted by molar-refractivity contribution is 6.34. The summed E-state index contributed by atoms with van der Waals surface area (Å²) in [6, 6.07) is 12.6. The number of carbonyl (C=O) groups excluding carboxylic acids is 1. The molecule has 0 radical (unpaired) electrons. The minimum atomic E-state index is -0.0102. The van der Waals surface area contributed by atoms with Crippen molar-refractivity contribution in [2.75, 3.05) is 12.8 Å². The monoisotopic (exact) mass is 322 g/mol. The summed E-state index contributed by atoms with van der Waals surface area (Å²) in [5, 5.41) is 1.12. The Kier molecular flexibility index (Phi) is 5.10. The molecule has 0 spiro atoms. The van der Waals surface area contributed by atoms with Gasteiger partial charge in [-0.05, 0) is 35.4 Å². The maximum atomic E-state index is 12.2. The lowest BCUT2D eigenvalue weighted by molar-refractivity contribution is -0.129. The number of likely N-dealkylation sites (N-methyl/N-ethyl adjacent to an activating group) is 1. The van der Waals surface area contributed by atoms with Crippen LogP contribution < -0.4 is 5.73 Å². The summed E-state index contributed by atoms with van der Waals surface area (Å²) in [6.07, 6.45) is 0.275. The second-order valence-corrected chi connectivity index (χ2v) is 5.78. The Morgan fingerprint density at radius 2 is 1.76 bits per heavy atom. The van der Waals surface area contributed by atoms with Crippen molar-refractivity contribution in [2.24, 2.45) is 0 Å². The van der Waals surface area contributed by atoms with E-state index in [4.69, 9.17) is 28.9 Å². The van der Waals surface area contributed by atoms with Crippen molar-refractivity contribution in [1.29, 1.82) is 0 Å². The van der Waals surface area contributed by atoms with E-state index in [1.165, 1.54) is 0 Å². The summed E-state index contributed by atoms with van der Waals surface area (Å²) < 4.78 is 0. The molecule has 3 nitrogen and oxygen atoms in total. The Bertz CT molecular complexity index is 638. The van der Waals surface area contributed by atoms with Crippen LogP contribution in [0.25, 0.3) is 0 Å². The van der Waals surface area contributed by atoms with E-state index in [0.29, 0.717) is 22.3 Å². The van der Waals surface area contributed by atoms with Crippen LogP contribution in [-0.2, 0) is 17.8 Å². The molecule has 0 saturated carbocycles. The molecule has 0 heterocycles. The lowest BCUT2D eigenvalue weighted by atomic mass is 10.1. The second kappa shape index (κ2) is 6.83. The fourth-order valence-electron chi connectivity index (χ4n) is 2.06. The van der Waals surface area contributed by atoms with E-state index in [1.807, 2.05) is 18.2 Å². The number of carbonyl (C=O) groups is 1. The summed E-state index contributed by atoms with van der Waals surface area (Å²) in [5.74, 6) is -0.0102. The third-order valence-electron chi connectivity index (χ3n) is 3.16. The predicted octanol–water partition coefficient (Wildman–Crippen LogP) is 3.78. The number of hydrogen-bond acceptors (Lipinski definition) is 2. The van der Waals surface area contributed by atoms with Crippen molar-refractivity contribution in [2.45, 2.75) is 13.0 Å². The number of anilines is 1. The van der Waals surface area contributed by atoms with Gasteiger partial charge in [-0.15, -0.1) is 0 Å². The summed E-state index contributed by atoms with van der Waals surface area (Å²) in [5.41, 5.74) is 8.21. The molecular formula is C16H16Cl2N2O. The molecule has 2 rings (SSSR count). The van der Waals surface area contributed by atoms with Gasteiger partial charge in [-0.25, -0.2) is 0 Å². The van der Waals surface area contributed by atoms with E-state index in [9.17, 15) is 4.79 Å². The van der Waals surface area contributed by atoms with E-state index in [0.717, 1.165) is 11.1 Å². The summed E-state index contributed by atoms with van der Waals surface area (Å²) in [4.78, 5) is 13.9. The predicted molar refractivity (Wildman–Crippen MR) is 87.5 cm³/mol. The van der Waals surface area contributed by atoms with Gasteiger partial charge in [-0.1, -0.05) is 41.4 Å². The molecule has 2 aromatic carbocycles. The van der Waals surface area contributed by atoms with Gasteiger partial charge >= 0.3 is 0 Å². The van der Waals surface area contributed by atoms with Crippen LogP contribution in [0.3, 0.4) is 0 Å². The van der Waals surface area contributed by atoms with E-state index in [-0.39, 0.29) is 12.3 Å². The molecule has 5 heteroatoms. The highest BCUT2D eigenvalue weighted by atomic mass is 35.5. The number of rotatable bonds is 4. The van der Waals surface area contributed by atoms with E-state index < -0.39 is 0 Å². The van der Waals surface area contributed by atoms with Gasteiger partial charge in [0.15, 0.2) is 0 Å². The van der Waals surface area contributed by atoms with E-state index in [2.05, 4.69) is 0 Å². The normalized spacial score (nSPS) is 10.4. The summed E-state index contributed by atoms with van der Waals surface area (Å²) in [6.45, 7) is 0.450. The van der Waals surface area contributed by atoms with Crippen LogP contribution >= 0.6 is 23.2 Å². The Hall–Kier alpha value is -1.71. The molecule has 1 amide bonds. The average Bonchev–Trinajstić information content (AvgIpc) is 2.40. The first-order valence-electron chi connectivity index (χ1n) is 6.48. The highest BCUT2D eigenvalue weighted by Crippen LogP contribution is 2.20. The second-order valence-electron chi connectivity index (χ2n) is 4.90. The van der Waals surface area contributed by atoms with E-state index in [1.54, 1.807) is 36.2 Å². The first-order valence-corrected chi connectivity index (χ1v) is 7.23. The van der Waals surface area contributed by atoms with Crippen molar-refractivity contribution in [1.82, 2.24) is 4.90 Å². The average molecular weight is 323 g/mol. The molecule has 0 aliphatic carbocycles. The maximum Gasteiger partial charge on any atom is 0.227 e. The Labute approximate surface area is 134 Å². The maximum absolute atomic E-state index is 12.2. The number of hydrogen-bond donors (Lipinski definition) is 1. The number of nitrogens with zero attached hydrogens (tertiary/aromatic N) is 1. The van der Waals surface area contributed by atoms with Crippen LogP contribution in [0, 0.1) is 0 Å². The molecule has 0 aliphatic heterocycles. The molecule has 0 aromatic heterocycles. The first kappa shape index (κ1) is 15.7. The van der Waals surface area contributed by atoms with E-state index >= 15 is 0 Å². The van der Waals surface area contributed by atoms with Gasteiger partial charge < -0.3 is 10.6 Å². The zero-order valence-corrected chi connectivity index (χ0v) is 13.2. The Balaban J connectivity index is 2.04. The number of halogens is 2. The van der Waals surface area contributed by atoms with Crippen LogP contribution in [0.4, 0.5) is 5.69 Å². The van der Waals surface area contributed by atoms with Gasteiger partial charge in [0.25, 0.3) is 0 Å². The van der Waals surface area contributed by atoms with Crippen LogP contribution in [0.15, 0.2) is 42.5 Å². The minimum absolute atomic E-state index is 0.0102. The van der Waals surface area contributed by atoms with Gasteiger partial charge in [0.2, 0.25) is 5.91 Å². The molecule has 0 bridgehead atoms. The van der Waals surface area contributed by atoms with Crippen molar-refractivity contribution in [3.63, 3.8) is 0 Å². The third-order valence-corrected chi connectivity index (χ3v) is 3.60. The Morgan fingerprint density at radius 3 is 2.38 bits per heavy atom. The topological polar surface area (TPSA) is 46.3 Å². The SMILES string of the molecule is CN(Cc1cc(Cl)cc(Cl)c1)C(=O)Cc1ccccc1N. The van der Waals surface area contributed by atoms with Crippen molar-refractivity contribution in [3.8, 4) is 0 Å². The molecule has 21 heavy (non-hydrogen) atoms. The highest BCUT2D eigenvalue weighted by Gasteiger charge is 2.12. The van der Waals surface area contributed by atoms with Gasteiger partial charge in [-0.3, -0.25) is 4.79 Å². The van der Waals surface area contributed by atoms with Gasteiger partial charge in [0, 0.05) is 29.3 Å². The Morgan fingerprint density at radius 1 is 1.14 bits per heavy atom. The van der Waals surface area contributed by atoms with Crippen molar-refractivity contribution < 1.29 is 4.79 Å². The molecule has 0 unspecified atom stereocenters. The smallest absolute Gasteiger partial charge is 0.227 e. The van der Waals surface area contributed by atoms with Crippen LogP contribution in [0.2, 0.25) is 10.0 Å². The van der Waals surface area contributed by atoms with Gasteiger partial charge in [-0.2, -0.15) is 0 Å². The van der Waals surface area contributed by atoms with Gasteiger partial charge in [0.1, 0.15) is 0 Å². The third kappa shape index (κ3) is 4.38. The zero-order chi connectivity index (χ0) is 15.4.